The van der Waals surface area contributed by atoms with E-state index in [0.29, 0.717) is 0 Å². The molecular weight excluding hydrogens is 382 g/mol. The van der Waals surface area contributed by atoms with Crippen molar-refractivity contribution in [3.05, 3.63) is 66.1 Å². The maximum absolute atomic E-state index is 4.54. The van der Waals surface area contributed by atoms with Gasteiger partial charge in [0.2, 0.25) is 0 Å². The van der Waals surface area contributed by atoms with Gasteiger partial charge in [-0.2, -0.15) is 16.4 Å². The summed E-state index contributed by atoms with van der Waals surface area (Å²) in [7, 11) is 0. The summed E-state index contributed by atoms with van der Waals surface area (Å²) in [6.07, 6.45) is 10.5. The highest BCUT2D eigenvalue weighted by molar-refractivity contribution is 7.08. The SMILES string of the molecule is c1cnc(-c2cc3c(-c4cc5c(-c6ccsc6)cncc5[nH]4)n[nH]c3cn2)cn1. The molecule has 2 N–H and O–H groups in total. The van der Waals surface area contributed by atoms with Crippen molar-refractivity contribution in [2.45, 2.75) is 0 Å². The molecule has 8 heteroatoms. The molecule has 0 saturated heterocycles. The van der Waals surface area contributed by atoms with E-state index in [9.17, 15) is 0 Å². The third-order valence-electron chi connectivity index (χ3n) is 4.91. The van der Waals surface area contributed by atoms with Crippen molar-refractivity contribution in [2.75, 3.05) is 0 Å². The molecule has 0 spiro atoms. The molecule has 0 saturated carbocycles. The second kappa shape index (κ2) is 6.32. The fraction of sp³-hybridized carbons (Fsp3) is 0. The number of H-pyrrole nitrogens is 2. The first-order valence-electron chi connectivity index (χ1n) is 8.97. The Bertz CT molecular complexity index is 1450. The molecule has 6 aromatic heterocycles. The Morgan fingerprint density at radius 3 is 2.69 bits per heavy atom. The lowest BCUT2D eigenvalue weighted by Crippen LogP contribution is -1.88. The van der Waals surface area contributed by atoms with Crippen LogP contribution in [0.1, 0.15) is 0 Å². The smallest absolute Gasteiger partial charge is 0.116 e. The summed E-state index contributed by atoms with van der Waals surface area (Å²) < 4.78 is 0. The topological polar surface area (TPSA) is 96.0 Å². The summed E-state index contributed by atoms with van der Waals surface area (Å²) in [6.45, 7) is 0. The van der Waals surface area contributed by atoms with Gasteiger partial charge in [0.05, 0.1) is 41.0 Å². The van der Waals surface area contributed by atoms with Crippen molar-refractivity contribution in [1.29, 1.82) is 0 Å². The van der Waals surface area contributed by atoms with Crippen molar-refractivity contribution in [2.24, 2.45) is 0 Å². The number of aromatic nitrogens is 7. The van der Waals surface area contributed by atoms with E-state index in [0.717, 1.165) is 50.1 Å². The molecule has 0 unspecified atom stereocenters. The number of thiophene rings is 1. The number of aromatic amines is 2. The van der Waals surface area contributed by atoms with Crippen LogP contribution < -0.4 is 0 Å². The summed E-state index contributed by atoms with van der Waals surface area (Å²) in [4.78, 5) is 20.8. The van der Waals surface area contributed by atoms with Crippen LogP contribution in [0.2, 0.25) is 0 Å². The molecule has 0 aliphatic rings. The average molecular weight is 395 g/mol. The van der Waals surface area contributed by atoms with Crippen molar-refractivity contribution in [3.63, 3.8) is 0 Å². The highest BCUT2D eigenvalue weighted by Crippen LogP contribution is 2.34. The third-order valence-corrected chi connectivity index (χ3v) is 5.59. The van der Waals surface area contributed by atoms with Crippen LogP contribution >= 0.6 is 11.3 Å². The number of nitrogens with zero attached hydrogens (tertiary/aromatic N) is 5. The van der Waals surface area contributed by atoms with Crippen molar-refractivity contribution in [1.82, 2.24) is 35.1 Å². The summed E-state index contributed by atoms with van der Waals surface area (Å²) in [5.74, 6) is 0. The minimum atomic E-state index is 0.724. The van der Waals surface area contributed by atoms with Crippen LogP contribution in [0.4, 0.5) is 0 Å². The Morgan fingerprint density at radius 2 is 1.83 bits per heavy atom. The lowest BCUT2D eigenvalue weighted by molar-refractivity contribution is 1.11. The second-order valence-electron chi connectivity index (χ2n) is 6.62. The van der Waals surface area contributed by atoms with Crippen molar-refractivity contribution < 1.29 is 0 Å². The van der Waals surface area contributed by atoms with E-state index in [-0.39, 0.29) is 0 Å². The lowest BCUT2D eigenvalue weighted by atomic mass is 10.1. The zero-order valence-corrected chi connectivity index (χ0v) is 15.8. The Balaban J connectivity index is 1.53. The first-order valence-corrected chi connectivity index (χ1v) is 9.91. The van der Waals surface area contributed by atoms with E-state index in [2.05, 4.69) is 58.0 Å². The number of hydrogen-bond donors (Lipinski definition) is 2. The molecule has 0 atom stereocenters. The third kappa shape index (κ3) is 2.61. The normalized spacial score (nSPS) is 11.4. The van der Waals surface area contributed by atoms with Gasteiger partial charge in [-0.1, -0.05) is 0 Å². The Labute approximate surface area is 168 Å². The van der Waals surface area contributed by atoms with Gasteiger partial charge in [0.15, 0.2) is 0 Å². The van der Waals surface area contributed by atoms with Crippen LogP contribution in [0.25, 0.3) is 55.7 Å². The van der Waals surface area contributed by atoms with Crippen LogP contribution in [0, 0.1) is 0 Å². The molecule has 7 nitrogen and oxygen atoms in total. The lowest BCUT2D eigenvalue weighted by Gasteiger charge is -1.99. The minimum absolute atomic E-state index is 0.724. The summed E-state index contributed by atoms with van der Waals surface area (Å²) in [5, 5.41) is 13.9. The average Bonchev–Trinajstić information content (AvgIpc) is 3.52. The van der Waals surface area contributed by atoms with Crippen LogP contribution in [0.3, 0.4) is 0 Å². The van der Waals surface area contributed by atoms with Gasteiger partial charge in [-0.15, -0.1) is 0 Å². The molecule has 0 radical (unpaired) electrons. The molecule has 0 bridgehead atoms. The fourth-order valence-electron chi connectivity index (χ4n) is 3.52. The monoisotopic (exact) mass is 395 g/mol. The Morgan fingerprint density at radius 1 is 0.828 bits per heavy atom. The predicted molar refractivity (Wildman–Crippen MR) is 113 cm³/mol. The van der Waals surface area contributed by atoms with Crippen molar-refractivity contribution >= 4 is 33.1 Å². The summed E-state index contributed by atoms with van der Waals surface area (Å²) >= 11 is 1.68. The number of rotatable bonds is 3. The molecule has 6 heterocycles. The fourth-order valence-corrected chi connectivity index (χ4v) is 4.18. The van der Waals surface area contributed by atoms with Gasteiger partial charge in [0, 0.05) is 34.9 Å². The summed E-state index contributed by atoms with van der Waals surface area (Å²) in [5.41, 5.74) is 7.34. The molecule has 29 heavy (non-hydrogen) atoms. The quantitative estimate of drug-likeness (QED) is 0.453. The van der Waals surface area contributed by atoms with Crippen LogP contribution in [-0.2, 0) is 0 Å². The van der Waals surface area contributed by atoms with Crippen LogP contribution in [-0.4, -0.2) is 35.1 Å². The van der Waals surface area contributed by atoms with Gasteiger partial charge in [-0.05, 0) is 34.5 Å². The first-order chi connectivity index (χ1) is 14.4. The maximum Gasteiger partial charge on any atom is 0.116 e. The van der Waals surface area contributed by atoms with E-state index >= 15 is 0 Å². The highest BCUT2D eigenvalue weighted by atomic mass is 32.1. The standard InChI is InChI=1S/C21H13N7S/c1-4-29-11-12(1)15-7-23-8-18-13(15)5-17(26-18)21-14-6-16(20-9-22-2-3-24-20)25-10-19(14)27-28-21/h1-11,26H,(H,27,28). The molecule has 6 aromatic rings. The van der Waals surface area contributed by atoms with E-state index < -0.39 is 0 Å². The van der Waals surface area contributed by atoms with Gasteiger partial charge in [0.1, 0.15) is 11.4 Å². The number of hydrogen-bond acceptors (Lipinski definition) is 6. The number of nitrogens with one attached hydrogen (secondary N) is 2. The van der Waals surface area contributed by atoms with Crippen molar-refractivity contribution in [3.8, 4) is 33.9 Å². The molecule has 0 amide bonds. The van der Waals surface area contributed by atoms with Crippen LogP contribution in [0.5, 0.6) is 0 Å². The molecule has 0 aliphatic carbocycles. The van der Waals surface area contributed by atoms with Gasteiger partial charge in [0.25, 0.3) is 0 Å². The van der Waals surface area contributed by atoms with E-state index in [1.807, 2.05) is 18.5 Å². The molecule has 0 aliphatic heterocycles. The van der Waals surface area contributed by atoms with Crippen LogP contribution in [0.15, 0.2) is 66.1 Å². The first kappa shape index (κ1) is 16.1. The number of pyridine rings is 2. The zero-order valence-electron chi connectivity index (χ0n) is 15.0. The largest absolute Gasteiger partial charge is 0.352 e. The van der Waals surface area contributed by atoms with Gasteiger partial charge < -0.3 is 4.98 Å². The molecule has 6 rings (SSSR count). The zero-order chi connectivity index (χ0) is 19.2. The van der Waals surface area contributed by atoms with Gasteiger partial charge in [-0.3, -0.25) is 25.0 Å². The second-order valence-corrected chi connectivity index (χ2v) is 7.40. The highest BCUT2D eigenvalue weighted by Gasteiger charge is 2.15. The molecule has 138 valence electrons. The van der Waals surface area contributed by atoms with E-state index in [1.165, 1.54) is 5.56 Å². The Kier molecular flexibility index (Phi) is 3.50. The van der Waals surface area contributed by atoms with E-state index in [4.69, 9.17) is 0 Å². The maximum atomic E-state index is 4.54. The number of fused-ring (bicyclic) bond motifs is 2. The Hall–Kier alpha value is -3.91. The van der Waals surface area contributed by atoms with E-state index in [1.54, 1.807) is 36.1 Å². The van der Waals surface area contributed by atoms with Gasteiger partial charge >= 0.3 is 0 Å². The van der Waals surface area contributed by atoms with Gasteiger partial charge in [-0.25, -0.2) is 0 Å². The molecular formula is C21H13N7S. The molecule has 0 aromatic carbocycles. The summed E-state index contributed by atoms with van der Waals surface area (Å²) in [6, 6.07) is 6.22. The minimum Gasteiger partial charge on any atom is -0.352 e. The predicted octanol–water partition coefficient (Wildman–Crippen LogP) is 4.69. The molecule has 0 fully saturated rings.